The van der Waals surface area contributed by atoms with Gasteiger partial charge >= 0.3 is 0 Å². The normalized spacial score (nSPS) is 17.7. The number of halogens is 1. The number of hydrogen-bond acceptors (Lipinski definition) is 6. The second-order valence-corrected chi connectivity index (χ2v) is 7.17. The van der Waals surface area contributed by atoms with Crippen LogP contribution in [0.15, 0.2) is 41.6 Å². The van der Waals surface area contributed by atoms with Crippen molar-refractivity contribution in [2.75, 3.05) is 20.1 Å². The molecule has 4 rings (SSSR count). The summed E-state index contributed by atoms with van der Waals surface area (Å²) in [5, 5.41) is 2.46. The summed E-state index contributed by atoms with van der Waals surface area (Å²) in [6.45, 7) is 1.37. The molecule has 0 fully saturated rings. The molecule has 3 N–H and O–H groups in total. The van der Waals surface area contributed by atoms with Gasteiger partial charge in [-0.25, -0.2) is 15.4 Å². The molecule has 0 radical (unpaired) electrons. The summed E-state index contributed by atoms with van der Waals surface area (Å²) in [6, 6.07) is 9.97. The van der Waals surface area contributed by atoms with Crippen molar-refractivity contribution < 1.29 is 4.79 Å². The quantitative estimate of drug-likeness (QED) is 0.809. The van der Waals surface area contributed by atoms with Gasteiger partial charge in [0.25, 0.3) is 5.91 Å². The van der Waals surface area contributed by atoms with E-state index in [1.54, 1.807) is 16.1 Å². The van der Waals surface area contributed by atoms with Crippen LogP contribution in [0.5, 0.6) is 0 Å². The highest BCUT2D eigenvalue weighted by atomic mass is 35.5. The zero-order valence-corrected chi connectivity index (χ0v) is 15.8. The Morgan fingerprint density at radius 3 is 2.78 bits per heavy atom. The standard InChI is InChI=1S/C19H21ClN6O/c1-25-17(15(20)10-23-25)18-22-9-14-16(24-18)11-26(19(14)27)13(8-21)7-12-5-3-2-4-6-12/h2-6,9,13,23H,7-8,10-11,21H2,1H3/t13-/m0/s1. The van der Waals surface area contributed by atoms with Gasteiger partial charge in [-0.1, -0.05) is 41.9 Å². The predicted molar refractivity (Wildman–Crippen MR) is 103 cm³/mol. The van der Waals surface area contributed by atoms with Gasteiger partial charge in [-0.05, 0) is 12.0 Å². The summed E-state index contributed by atoms with van der Waals surface area (Å²) >= 11 is 6.28. The maximum atomic E-state index is 12.9. The minimum atomic E-state index is -0.0869. The Bertz CT molecular complexity index is 900. The maximum absolute atomic E-state index is 12.9. The molecule has 1 aromatic carbocycles. The van der Waals surface area contributed by atoms with E-state index in [1.165, 1.54) is 0 Å². The third-order valence-electron chi connectivity index (χ3n) is 4.98. The van der Waals surface area contributed by atoms with Crippen molar-refractivity contribution in [3.05, 3.63) is 64.2 Å². The fourth-order valence-electron chi connectivity index (χ4n) is 3.52. The number of nitrogens with one attached hydrogen (secondary N) is 1. The molecule has 8 heteroatoms. The highest BCUT2D eigenvalue weighted by Crippen LogP contribution is 2.28. The van der Waals surface area contributed by atoms with Gasteiger partial charge in [0.1, 0.15) is 5.70 Å². The number of hydrazine groups is 1. The number of nitrogens with two attached hydrogens (primary N) is 1. The van der Waals surface area contributed by atoms with Gasteiger partial charge in [-0.2, -0.15) is 0 Å². The molecular weight excluding hydrogens is 364 g/mol. The van der Waals surface area contributed by atoms with Crippen molar-refractivity contribution in [1.82, 2.24) is 25.3 Å². The lowest BCUT2D eigenvalue weighted by atomic mass is 10.0. The Labute approximate surface area is 162 Å². The minimum absolute atomic E-state index is 0.0686. The van der Waals surface area contributed by atoms with Crippen LogP contribution in [-0.4, -0.2) is 52.0 Å². The van der Waals surface area contributed by atoms with Gasteiger partial charge in [-0.3, -0.25) is 4.79 Å². The van der Waals surface area contributed by atoms with Crippen LogP contribution in [0.2, 0.25) is 0 Å². The lowest BCUT2D eigenvalue weighted by molar-refractivity contribution is 0.0707. The average Bonchev–Trinajstić information content (AvgIpc) is 3.19. The van der Waals surface area contributed by atoms with Crippen molar-refractivity contribution >= 4 is 23.2 Å². The zero-order valence-electron chi connectivity index (χ0n) is 15.0. The number of benzene rings is 1. The Balaban J connectivity index is 1.59. The smallest absolute Gasteiger partial charge is 0.258 e. The number of fused-ring (bicyclic) bond motifs is 1. The number of rotatable bonds is 5. The summed E-state index contributed by atoms with van der Waals surface area (Å²) in [5.74, 6) is 0.453. The Kier molecular flexibility index (Phi) is 4.82. The van der Waals surface area contributed by atoms with E-state index in [9.17, 15) is 4.79 Å². The van der Waals surface area contributed by atoms with Crippen LogP contribution in [0.25, 0.3) is 5.70 Å². The molecule has 3 heterocycles. The van der Waals surface area contributed by atoms with E-state index < -0.39 is 0 Å². The summed E-state index contributed by atoms with van der Waals surface area (Å²) < 4.78 is 0. The predicted octanol–water partition coefficient (Wildman–Crippen LogP) is 1.36. The second kappa shape index (κ2) is 7.26. The van der Waals surface area contributed by atoms with E-state index in [1.807, 2.05) is 37.4 Å². The fraction of sp³-hybridized carbons (Fsp3) is 0.316. The van der Waals surface area contributed by atoms with Crippen molar-refractivity contribution in [3.63, 3.8) is 0 Å². The minimum Gasteiger partial charge on any atom is -0.328 e. The lowest BCUT2D eigenvalue weighted by Gasteiger charge is -2.26. The van der Waals surface area contributed by atoms with Crippen LogP contribution in [0.3, 0.4) is 0 Å². The van der Waals surface area contributed by atoms with E-state index in [4.69, 9.17) is 17.3 Å². The van der Waals surface area contributed by atoms with E-state index in [2.05, 4.69) is 15.4 Å². The number of carbonyl (C=O) groups excluding carboxylic acids is 1. The highest BCUT2D eigenvalue weighted by molar-refractivity contribution is 6.33. The largest absolute Gasteiger partial charge is 0.328 e. The molecule has 0 aliphatic carbocycles. The summed E-state index contributed by atoms with van der Waals surface area (Å²) in [4.78, 5) is 23.7. The molecule has 7 nitrogen and oxygen atoms in total. The van der Waals surface area contributed by atoms with Gasteiger partial charge in [0.2, 0.25) is 0 Å². The Morgan fingerprint density at radius 2 is 2.11 bits per heavy atom. The van der Waals surface area contributed by atoms with E-state index >= 15 is 0 Å². The van der Waals surface area contributed by atoms with Gasteiger partial charge < -0.3 is 15.6 Å². The van der Waals surface area contributed by atoms with E-state index in [0.29, 0.717) is 48.2 Å². The number of hydrogen-bond donors (Lipinski definition) is 2. The van der Waals surface area contributed by atoms with Crippen LogP contribution in [0, 0.1) is 0 Å². The molecule has 0 saturated heterocycles. The van der Waals surface area contributed by atoms with Crippen molar-refractivity contribution in [3.8, 4) is 0 Å². The van der Waals surface area contributed by atoms with Crippen molar-refractivity contribution in [2.45, 2.75) is 19.0 Å². The number of nitrogens with zero attached hydrogens (tertiary/aromatic N) is 4. The maximum Gasteiger partial charge on any atom is 0.258 e. The van der Waals surface area contributed by atoms with Gasteiger partial charge in [0, 0.05) is 25.8 Å². The first-order valence-corrected chi connectivity index (χ1v) is 9.23. The van der Waals surface area contributed by atoms with Crippen molar-refractivity contribution in [1.29, 1.82) is 0 Å². The monoisotopic (exact) mass is 384 g/mol. The van der Waals surface area contributed by atoms with Crippen LogP contribution >= 0.6 is 11.6 Å². The molecule has 140 valence electrons. The molecule has 0 bridgehead atoms. The molecule has 2 aliphatic rings. The number of aromatic nitrogens is 2. The van der Waals surface area contributed by atoms with Crippen molar-refractivity contribution in [2.24, 2.45) is 5.73 Å². The summed E-state index contributed by atoms with van der Waals surface area (Å²) in [6.07, 6.45) is 2.31. The molecule has 2 aliphatic heterocycles. The first kappa shape index (κ1) is 17.9. The van der Waals surface area contributed by atoms with E-state index in [-0.39, 0.29) is 11.9 Å². The summed E-state index contributed by atoms with van der Waals surface area (Å²) in [5.41, 5.74) is 12.3. The zero-order chi connectivity index (χ0) is 19.0. The molecule has 1 amide bonds. The average molecular weight is 385 g/mol. The van der Waals surface area contributed by atoms with E-state index in [0.717, 1.165) is 11.3 Å². The Hall–Kier alpha value is -2.48. The molecule has 0 spiro atoms. The molecule has 2 aromatic rings. The highest BCUT2D eigenvalue weighted by Gasteiger charge is 2.34. The molecule has 0 unspecified atom stereocenters. The van der Waals surface area contributed by atoms with Crippen LogP contribution in [0.1, 0.15) is 27.4 Å². The van der Waals surface area contributed by atoms with Gasteiger partial charge in [0.15, 0.2) is 5.82 Å². The van der Waals surface area contributed by atoms with Crippen LogP contribution in [-0.2, 0) is 13.0 Å². The fourth-order valence-corrected chi connectivity index (χ4v) is 3.80. The lowest BCUT2D eigenvalue weighted by Crippen LogP contribution is -2.42. The molecule has 27 heavy (non-hydrogen) atoms. The number of carbonyl (C=O) groups is 1. The molecule has 1 aromatic heterocycles. The topological polar surface area (TPSA) is 87.4 Å². The summed E-state index contributed by atoms with van der Waals surface area (Å²) in [7, 11) is 1.86. The third-order valence-corrected chi connectivity index (χ3v) is 5.29. The SMILES string of the molecule is CN1NCC(Cl)=C1c1ncc2c(n1)CN([C@H](CN)Cc1ccccc1)C2=O. The van der Waals surface area contributed by atoms with Gasteiger partial charge in [0.05, 0.1) is 29.4 Å². The second-order valence-electron chi connectivity index (χ2n) is 6.71. The molecule has 0 saturated carbocycles. The first-order chi connectivity index (χ1) is 13.1. The van der Waals surface area contributed by atoms with Crippen LogP contribution in [0.4, 0.5) is 0 Å². The molecular formula is C19H21ClN6O. The van der Waals surface area contributed by atoms with Gasteiger partial charge in [-0.15, -0.1) is 0 Å². The third kappa shape index (κ3) is 3.29. The van der Waals surface area contributed by atoms with Crippen LogP contribution < -0.4 is 11.2 Å². The first-order valence-electron chi connectivity index (χ1n) is 8.85. The Morgan fingerprint density at radius 1 is 1.33 bits per heavy atom. The number of amides is 1. The molecule has 1 atom stereocenters.